The van der Waals surface area contributed by atoms with E-state index in [4.69, 9.17) is 9.47 Å². The van der Waals surface area contributed by atoms with Crippen LogP contribution in [0.15, 0.2) is 18.2 Å². The van der Waals surface area contributed by atoms with Crippen molar-refractivity contribution in [3.05, 3.63) is 34.9 Å². The van der Waals surface area contributed by atoms with E-state index in [-0.39, 0.29) is 17.1 Å². The lowest BCUT2D eigenvalue weighted by molar-refractivity contribution is -0.00892. The Balaban J connectivity index is 1.91. The number of amides is 1. The quantitative estimate of drug-likeness (QED) is 0.611. The minimum Gasteiger partial charge on any atom is -0.444 e. The molecule has 0 radical (unpaired) electrons. The lowest BCUT2D eigenvalue weighted by Gasteiger charge is -2.37. The van der Waals surface area contributed by atoms with Gasteiger partial charge in [0.25, 0.3) is 0 Å². The molecular formula is C25H39NO3. The van der Waals surface area contributed by atoms with E-state index in [0.29, 0.717) is 5.92 Å². The van der Waals surface area contributed by atoms with Crippen molar-refractivity contribution in [2.24, 2.45) is 5.41 Å². The van der Waals surface area contributed by atoms with Gasteiger partial charge in [-0.25, -0.2) is 4.79 Å². The molecule has 2 fully saturated rings. The van der Waals surface area contributed by atoms with Crippen molar-refractivity contribution in [2.45, 2.75) is 90.8 Å². The topological polar surface area (TPSA) is 38.8 Å². The summed E-state index contributed by atoms with van der Waals surface area (Å²) >= 11 is 0. The van der Waals surface area contributed by atoms with Crippen LogP contribution in [0.3, 0.4) is 0 Å². The number of aryl methyl sites for hydroxylation is 2. The van der Waals surface area contributed by atoms with Crippen molar-refractivity contribution in [1.29, 1.82) is 0 Å². The number of benzene rings is 1. The largest absolute Gasteiger partial charge is 0.444 e. The van der Waals surface area contributed by atoms with Crippen LogP contribution in [0.5, 0.6) is 0 Å². The van der Waals surface area contributed by atoms with E-state index >= 15 is 0 Å². The standard InChI is InChI=1S/C25H39NO3/c1-18-8-9-20(16-19(18)2)21-10-11-24(6,28-7)12-13-25(21)14-15-26(17-25)22(27)29-23(3,4)5/h8-9,16,21H,10-15,17H2,1-7H3/t21?,24-,25-/m1/s1. The summed E-state index contributed by atoms with van der Waals surface area (Å²) in [5, 5.41) is 0. The number of rotatable bonds is 2. The maximum atomic E-state index is 12.8. The first kappa shape index (κ1) is 22.1. The van der Waals surface area contributed by atoms with Gasteiger partial charge in [0.2, 0.25) is 0 Å². The normalized spacial score (nSPS) is 30.4. The molecule has 3 rings (SSSR count). The van der Waals surface area contributed by atoms with Gasteiger partial charge in [0.15, 0.2) is 0 Å². The van der Waals surface area contributed by atoms with Crippen LogP contribution in [0.1, 0.15) is 82.4 Å². The van der Waals surface area contributed by atoms with E-state index in [1.54, 1.807) is 0 Å². The highest BCUT2D eigenvalue weighted by atomic mass is 16.6. The smallest absolute Gasteiger partial charge is 0.410 e. The monoisotopic (exact) mass is 401 g/mol. The summed E-state index contributed by atoms with van der Waals surface area (Å²) in [6.07, 6.45) is 5.11. The SMILES string of the molecule is CO[C@]1(C)CCC(c2ccc(C)c(C)c2)[C@@]2(CCN(C(=O)OC(C)(C)C)C2)CC1. The lowest BCUT2D eigenvalue weighted by Crippen LogP contribution is -2.38. The van der Waals surface area contributed by atoms with E-state index in [9.17, 15) is 4.79 Å². The molecule has 4 nitrogen and oxygen atoms in total. The second kappa shape index (κ2) is 7.94. The molecule has 162 valence electrons. The second-order valence-corrected chi connectivity index (χ2v) is 10.6. The van der Waals surface area contributed by atoms with Gasteiger partial charge in [0, 0.05) is 20.2 Å². The molecule has 29 heavy (non-hydrogen) atoms. The molecule has 2 aliphatic rings. The molecule has 1 aromatic rings. The fraction of sp³-hybridized carbons (Fsp3) is 0.720. The summed E-state index contributed by atoms with van der Waals surface area (Å²) in [5.74, 6) is 0.436. The third kappa shape index (κ3) is 4.79. The number of ether oxygens (including phenoxy) is 2. The van der Waals surface area contributed by atoms with Crippen molar-refractivity contribution in [3.8, 4) is 0 Å². The first-order valence-corrected chi connectivity index (χ1v) is 11.1. The molecular weight excluding hydrogens is 362 g/mol. The number of likely N-dealkylation sites (tertiary alicyclic amines) is 1. The highest BCUT2D eigenvalue weighted by Crippen LogP contribution is 2.53. The van der Waals surface area contributed by atoms with Crippen molar-refractivity contribution >= 4 is 6.09 Å². The van der Waals surface area contributed by atoms with E-state index in [0.717, 1.165) is 45.2 Å². The summed E-state index contributed by atoms with van der Waals surface area (Å²) in [6, 6.07) is 6.92. The Labute approximate surface area is 177 Å². The lowest BCUT2D eigenvalue weighted by atomic mass is 9.68. The first-order chi connectivity index (χ1) is 13.5. The minimum atomic E-state index is -0.460. The maximum absolute atomic E-state index is 12.8. The molecule has 0 aromatic heterocycles. The van der Waals surface area contributed by atoms with Crippen LogP contribution in [0.4, 0.5) is 4.79 Å². The molecule has 1 aromatic carbocycles. The molecule has 3 atom stereocenters. The van der Waals surface area contributed by atoms with Gasteiger partial charge in [0.05, 0.1) is 5.60 Å². The number of hydrogen-bond acceptors (Lipinski definition) is 3. The number of hydrogen-bond donors (Lipinski definition) is 0. The van der Waals surface area contributed by atoms with Crippen molar-refractivity contribution in [2.75, 3.05) is 20.2 Å². The fourth-order valence-electron chi connectivity index (χ4n) is 5.14. The number of methoxy groups -OCH3 is 1. The van der Waals surface area contributed by atoms with Crippen molar-refractivity contribution in [3.63, 3.8) is 0 Å². The molecule has 1 heterocycles. The third-order valence-corrected chi connectivity index (χ3v) is 7.32. The van der Waals surface area contributed by atoms with E-state index in [1.807, 2.05) is 32.8 Å². The van der Waals surface area contributed by atoms with Gasteiger partial charge in [-0.1, -0.05) is 18.2 Å². The Morgan fingerprint density at radius 3 is 2.45 bits per heavy atom. The average Bonchev–Trinajstić information content (AvgIpc) is 3.01. The summed E-state index contributed by atoms with van der Waals surface area (Å²) in [7, 11) is 1.84. The predicted octanol–water partition coefficient (Wildman–Crippen LogP) is 5.99. The van der Waals surface area contributed by atoms with Crippen LogP contribution in [0.25, 0.3) is 0 Å². The maximum Gasteiger partial charge on any atom is 0.410 e. The molecule has 1 aliphatic carbocycles. The molecule has 1 saturated carbocycles. The fourth-order valence-corrected chi connectivity index (χ4v) is 5.14. The third-order valence-electron chi connectivity index (χ3n) is 7.32. The highest BCUT2D eigenvalue weighted by Gasteiger charge is 2.49. The van der Waals surface area contributed by atoms with Crippen molar-refractivity contribution in [1.82, 2.24) is 4.90 Å². The molecule has 1 spiro atoms. The average molecular weight is 402 g/mol. The summed E-state index contributed by atoms with van der Waals surface area (Å²) in [5.41, 5.74) is 3.64. The van der Waals surface area contributed by atoms with Gasteiger partial charge in [-0.05, 0) is 102 Å². The van der Waals surface area contributed by atoms with Crippen LogP contribution in [-0.4, -0.2) is 42.4 Å². The van der Waals surface area contributed by atoms with Crippen LogP contribution >= 0.6 is 0 Å². The van der Waals surface area contributed by atoms with Crippen LogP contribution in [-0.2, 0) is 9.47 Å². The number of carbonyl (C=O) groups is 1. The van der Waals surface area contributed by atoms with Gasteiger partial charge in [-0.15, -0.1) is 0 Å². The van der Waals surface area contributed by atoms with Gasteiger partial charge >= 0.3 is 6.09 Å². The zero-order valence-corrected chi connectivity index (χ0v) is 19.4. The summed E-state index contributed by atoms with van der Waals surface area (Å²) < 4.78 is 11.6. The minimum absolute atomic E-state index is 0.0825. The Kier molecular flexibility index (Phi) is 6.06. The molecule has 1 amide bonds. The zero-order chi connectivity index (χ0) is 21.4. The van der Waals surface area contributed by atoms with Crippen molar-refractivity contribution < 1.29 is 14.3 Å². The van der Waals surface area contributed by atoms with E-state index in [2.05, 4.69) is 39.0 Å². The number of carbonyl (C=O) groups excluding carboxylic acids is 1. The van der Waals surface area contributed by atoms with Gasteiger partial charge in [-0.3, -0.25) is 0 Å². The zero-order valence-electron chi connectivity index (χ0n) is 19.4. The Hall–Kier alpha value is -1.55. The van der Waals surface area contributed by atoms with Gasteiger partial charge in [0.1, 0.15) is 5.60 Å². The van der Waals surface area contributed by atoms with Gasteiger partial charge in [-0.2, -0.15) is 0 Å². The predicted molar refractivity (Wildman–Crippen MR) is 117 cm³/mol. The molecule has 1 unspecified atom stereocenters. The molecule has 4 heteroatoms. The Morgan fingerprint density at radius 2 is 1.83 bits per heavy atom. The van der Waals surface area contributed by atoms with Gasteiger partial charge < -0.3 is 14.4 Å². The van der Waals surface area contributed by atoms with Crippen LogP contribution in [0.2, 0.25) is 0 Å². The van der Waals surface area contributed by atoms with Crippen LogP contribution in [0, 0.1) is 19.3 Å². The van der Waals surface area contributed by atoms with Crippen LogP contribution < -0.4 is 0 Å². The Bertz CT molecular complexity index is 753. The second-order valence-electron chi connectivity index (χ2n) is 10.6. The molecule has 1 aliphatic heterocycles. The summed E-state index contributed by atoms with van der Waals surface area (Å²) in [6.45, 7) is 14.0. The van der Waals surface area contributed by atoms with E-state index in [1.165, 1.54) is 16.7 Å². The number of nitrogens with zero attached hydrogens (tertiary/aromatic N) is 1. The molecule has 0 N–H and O–H groups in total. The van der Waals surface area contributed by atoms with E-state index < -0.39 is 5.60 Å². The molecule has 1 saturated heterocycles. The highest BCUT2D eigenvalue weighted by molar-refractivity contribution is 5.68. The molecule has 0 bridgehead atoms. The summed E-state index contributed by atoms with van der Waals surface area (Å²) in [4.78, 5) is 14.7. The Morgan fingerprint density at radius 1 is 1.10 bits per heavy atom. The first-order valence-electron chi connectivity index (χ1n) is 11.1.